The smallest absolute Gasteiger partial charge is 0.312 e. The Morgan fingerprint density at radius 1 is 0.884 bits per heavy atom. The Kier molecular flexibility index (Phi) is 7.41. The molecule has 1 heterocycles. The van der Waals surface area contributed by atoms with Gasteiger partial charge in [-0.05, 0) is 103 Å². The van der Waals surface area contributed by atoms with Gasteiger partial charge in [0, 0.05) is 0 Å². The molecule has 6 rings (SSSR count). The molecule has 13 atom stereocenters. The molecule has 0 amide bonds. The van der Waals surface area contributed by atoms with Crippen LogP contribution >= 0.6 is 0 Å². The number of ether oxygens (including phenoxy) is 2. The third-order valence-corrected chi connectivity index (χ3v) is 14.8. The Labute approximate surface area is 257 Å². The minimum atomic E-state index is -1.30. The molecule has 4 saturated carbocycles. The molecule has 5 fully saturated rings. The van der Waals surface area contributed by atoms with E-state index in [2.05, 4.69) is 54.5 Å². The minimum Gasteiger partial charge on any atom is -0.481 e. The van der Waals surface area contributed by atoms with E-state index < -0.39 is 42.1 Å². The number of rotatable bonds is 3. The molecule has 8 nitrogen and oxygen atoms in total. The van der Waals surface area contributed by atoms with Crippen molar-refractivity contribution in [2.24, 2.45) is 50.2 Å². The number of aliphatic hydroxyl groups is 4. The number of hydrogen-bond acceptors (Lipinski definition) is 7. The van der Waals surface area contributed by atoms with Crippen LogP contribution in [0.15, 0.2) is 11.6 Å². The second-order valence-corrected chi connectivity index (χ2v) is 17.5. The normalized spacial score (nSPS) is 53.8. The van der Waals surface area contributed by atoms with Crippen LogP contribution in [0.3, 0.4) is 0 Å². The highest BCUT2D eigenvalue weighted by Gasteiger charge is 2.71. The maximum atomic E-state index is 13.0. The van der Waals surface area contributed by atoms with Crippen molar-refractivity contribution >= 4 is 5.97 Å². The van der Waals surface area contributed by atoms with Crippen molar-refractivity contribution in [2.75, 3.05) is 6.61 Å². The average molecular weight is 605 g/mol. The summed E-state index contributed by atoms with van der Waals surface area (Å²) < 4.78 is 12.1. The van der Waals surface area contributed by atoms with E-state index in [0.29, 0.717) is 24.7 Å². The monoisotopic (exact) mass is 604 g/mol. The first kappa shape index (κ1) is 31.9. The number of carboxylic acid groups (broad SMARTS) is 1. The van der Waals surface area contributed by atoms with Crippen molar-refractivity contribution < 1.29 is 39.8 Å². The summed E-state index contributed by atoms with van der Waals surface area (Å²) in [6.45, 7) is 16.2. The van der Waals surface area contributed by atoms with E-state index in [-0.39, 0.29) is 45.7 Å². The highest BCUT2D eigenvalue weighted by molar-refractivity contribution is 5.77. The Morgan fingerprint density at radius 3 is 2.26 bits per heavy atom. The van der Waals surface area contributed by atoms with Crippen LogP contribution in [0.25, 0.3) is 0 Å². The zero-order valence-electron chi connectivity index (χ0n) is 27.3. The van der Waals surface area contributed by atoms with Gasteiger partial charge in [0.25, 0.3) is 0 Å². The first-order valence-electron chi connectivity index (χ1n) is 16.8. The maximum absolute atomic E-state index is 13.0. The fourth-order valence-electron chi connectivity index (χ4n) is 12.0. The molecule has 1 aliphatic heterocycles. The molecule has 0 aromatic rings. The third kappa shape index (κ3) is 4.25. The average Bonchev–Trinajstić information content (AvgIpc) is 2.90. The van der Waals surface area contributed by atoms with E-state index in [9.17, 15) is 30.3 Å². The molecule has 0 bridgehead atoms. The van der Waals surface area contributed by atoms with Crippen LogP contribution < -0.4 is 0 Å². The van der Waals surface area contributed by atoms with Crippen molar-refractivity contribution in [1.82, 2.24) is 0 Å². The van der Waals surface area contributed by atoms with Crippen LogP contribution in [0.2, 0.25) is 0 Å². The van der Waals surface area contributed by atoms with Crippen LogP contribution in [0, 0.1) is 50.2 Å². The molecular formula is C35H56O8. The predicted octanol–water partition coefficient (Wildman–Crippen LogP) is 4.67. The Balaban J connectivity index is 1.32. The van der Waals surface area contributed by atoms with Gasteiger partial charge in [0.1, 0.15) is 23.7 Å². The molecule has 2 unspecified atom stereocenters. The highest BCUT2D eigenvalue weighted by Crippen LogP contribution is 2.76. The van der Waals surface area contributed by atoms with Gasteiger partial charge in [0.15, 0.2) is 6.29 Å². The van der Waals surface area contributed by atoms with Gasteiger partial charge in [-0.15, -0.1) is 0 Å². The minimum absolute atomic E-state index is 0.0151. The zero-order chi connectivity index (χ0) is 31.5. The molecule has 5 N–H and O–H groups in total. The number of fused-ring (bicyclic) bond motifs is 7. The summed E-state index contributed by atoms with van der Waals surface area (Å²) in [7, 11) is 0. The number of allylic oxidation sites excluding steroid dienone is 2. The van der Waals surface area contributed by atoms with E-state index in [4.69, 9.17) is 9.47 Å². The summed E-state index contributed by atoms with van der Waals surface area (Å²) in [4.78, 5) is 13.0. The molecule has 1 saturated heterocycles. The molecule has 5 aliphatic carbocycles. The van der Waals surface area contributed by atoms with E-state index in [0.717, 1.165) is 44.9 Å². The summed E-state index contributed by atoms with van der Waals surface area (Å²) in [6, 6.07) is 0. The van der Waals surface area contributed by atoms with Crippen molar-refractivity contribution in [2.45, 2.75) is 143 Å². The van der Waals surface area contributed by atoms with Gasteiger partial charge in [0.2, 0.25) is 0 Å². The molecular weight excluding hydrogens is 548 g/mol. The molecule has 6 aliphatic rings. The maximum Gasteiger partial charge on any atom is 0.312 e. The molecule has 0 radical (unpaired) electrons. The van der Waals surface area contributed by atoms with Gasteiger partial charge in [-0.25, -0.2) is 0 Å². The van der Waals surface area contributed by atoms with Gasteiger partial charge >= 0.3 is 5.97 Å². The summed E-state index contributed by atoms with van der Waals surface area (Å²) in [6.07, 6.45) is 4.00. The number of aliphatic carboxylic acids is 1. The summed E-state index contributed by atoms with van der Waals surface area (Å²) in [5, 5.41) is 53.2. The number of carbonyl (C=O) groups is 1. The lowest BCUT2D eigenvalue weighted by Gasteiger charge is -2.71. The predicted molar refractivity (Wildman–Crippen MR) is 161 cm³/mol. The zero-order valence-corrected chi connectivity index (χ0v) is 27.3. The van der Waals surface area contributed by atoms with Crippen molar-refractivity contribution in [3.8, 4) is 0 Å². The fourth-order valence-corrected chi connectivity index (χ4v) is 12.0. The second kappa shape index (κ2) is 9.98. The van der Waals surface area contributed by atoms with Crippen LogP contribution in [0.1, 0.15) is 106 Å². The van der Waals surface area contributed by atoms with Gasteiger partial charge in [0.05, 0.1) is 18.8 Å². The topological polar surface area (TPSA) is 137 Å². The molecule has 43 heavy (non-hydrogen) atoms. The lowest BCUT2D eigenvalue weighted by molar-refractivity contribution is -0.308. The quantitative estimate of drug-likeness (QED) is 0.232. The number of carboxylic acids is 1. The van der Waals surface area contributed by atoms with Crippen molar-refractivity contribution in [3.63, 3.8) is 0 Å². The molecule has 0 spiro atoms. The summed E-state index contributed by atoms with van der Waals surface area (Å²) in [5.41, 5.74) is -0.331. The standard InChI is InChI=1S/C35H56O8/c1-30(2)14-15-35(29(40)41)20(16-30)19-8-9-23-32(5)12-11-25(43-28-27(39)26(38)21(36)18-42-28)31(3,4)22(32)10-13-33(23,6)34(19,7)17-24(35)37/h8,20-28,36-39H,9-18H2,1-7H3,(H,40,41)/t20-,21-,22?,23?,24+,25-,26-,27+,28-,32-,33+,34+,35+/m0/s1. The first-order valence-corrected chi connectivity index (χ1v) is 16.8. The largest absolute Gasteiger partial charge is 0.481 e. The van der Waals surface area contributed by atoms with Crippen LogP contribution in [0.4, 0.5) is 0 Å². The third-order valence-electron chi connectivity index (χ3n) is 14.8. The van der Waals surface area contributed by atoms with Crippen LogP contribution in [-0.2, 0) is 14.3 Å². The van der Waals surface area contributed by atoms with Crippen LogP contribution in [0.5, 0.6) is 0 Å². The number of hydrogen-bond donors (Lipinski definition) is 5. The second-order valence-electron chi connectivity index (χ2n) is 17.5. The number of aliphatic hydroxyl groups excluding tert-OH is 4. The van der Waals surface area contributed by atoms with Crippen molar-refractivity contribution in [1.29, 1.82) is 0 Å². The van der Waals surface area contributed by atoms with Crippen LogP contribution in [-0.4, -0.2) is 74.9 Å². The Morgan fingerprint density at radius 2 is 1.58 bits per heavy atom. The first-order chi connectivity index (χ1) is 19.8. The summed E-state index contributed by atoms with van der Waals surface area (Å²) in [5.74, 6) is -0.253. The Hall–Kier alpha value is -1.03. The van der Waals surface area contributed by atoms with Crippen molar-refractivity contribution in [3.05, 3.63) is 11.6 Å². The lowest BCUT2D eigenvalue weighted by Crippen LogP contribution is -2.67. The van der Waals surface area contributed by atoms with Gasteiger partial charge in [-0.1, -0.05) is 60.1 Å². The van der Waals surface area contributed by atoms with Gasteiger partial charge in [-0.3, -0.25) is 4.79 Å². The van der Waals surface area contributed by atoms with E-state index in [1.807, 2.05) is 0 Å². The lowest BCUT2D eigenvalue weighted by atomic mass is 9.33. The van der Waals surface area contributed by atoms with Gasteiger partial charge < -0.3 is 35.0 Å². The van der Waals surface area contributed by atoms with Gasteiger partial charge in [-0.2, -0.15) is 0 Å². The molecule has 0 aromatic heterocycles. The SMILES string of the molecule is CC1(C)CC[C@]2(C(=O)O)[C@H](O)C[C@]3(C)C(=CCC4[C@@]5(C)CC[C@H](O[C@@H]6OC[C@H](O)[C@H](O)[C@H]6O)C(C)(C)C5CC[C@]43C)[C@@H]2C1. The molecule has 8 heteroatoms. The Bertz CT molecular complexity index is 1160. The highest BCUT2D eigenvalue weighted by atomic mass is 16.7. The fraction of sp³-hybridized carbons (Fsp3) is 0.914. The van der Waals surface area contributed by atoms with E-state index in [1.165, 1.54) is 5.57 Å². The molecule has 0 aromatic carbocycles. The summed E-state index contributed by atoms with van der Waals surface area (Å²) >= 11 is 0. The molecule has 244 valence electrons. The van der Waals surface area contributed by atoms with E-state index in [1.54, 1.807) is 0 Å². The van der Waals surface area contributed by atoms with E-state index >= 15 is 0 Å².